The van der Waals surface area contributed by atoms with E-state index in [1.807, 2.05) is 17.0 Å². The molecule has 8 nitrogen and oxygen atoms in total. The molecule has 2 aliphatic heterocycles. The van der Waals surface area contributed by atoms with E-state index in [9.17, 15) is 4.79 Å². The van der Waals surface area contributed by atoms with Gasteiger partial charge in [-0.1, -0.05) is 29.9 Å². The number of aryl methyl sites for hydroxylation is 1. The summed E-state index contributed by atoms with van der Waals surface area (Å²) >= 11 is 1.73. The van der Waals surface area contributed by atoms with E-state index in [1.54, 1.807) is 16.0 Å². The third kappa shape index (κ3) is 3.23. The van der Waals surface area contributed by atoms with Crippen LogP contribution in [-0.2, 0) is 11.3 Å². The van der Waals surface area contributed by atoms with Crippen LogP contribution in [0, 0.1) is 0 Å². The minimum Gasteiger partial charge on any atom is -0.346 e. The molecule has 3 aromatic rings. The highest BCUT2D eigenvalue weighted by Crippen LogP contribution is 2.30. The zero-order chi connectivity index (χ0) is 18.9. The summed E-state index contributed by atoms with van der Waals surface area (Å²) in [7, 11) is 0. The van der Waals surface area contributed by atoms with Crippen LogP contribution in [-0.4, -0.2) is 62.2 Å². The van der Waals surface area contributed by atoms with Crippen LogP contribution in [0.15, 0.2) is 24.3 Å². The normalized spacial score (nSPS) is 20.6. The van der Waals surface area contributed by atoms with Crippen LogP contribution in [0.5, 0.6) is 0 Å². The molecule has 1 unspecified atom stereocenters. The third-order valence-electron chi connectivity index (χ3n) is 5.64. The Bertz CT molecular complexity index is 950. The molecule has 0 N–H and O–H groups in total. The molecule has 0 radical (unpaired) electrons. The largest absolute Gasteiger partial charge is 0.346 e. The topological polar surface area (TPSA) is 80.0 Å². The summed E-state index contributed by atoms with van der Waals surface area (Å²) in [5.41, 5.74) is 1.05. The molecule has 9 heteroatoms. The molecule has 146 valence electrons. The predicted molar refractivity (Wildman–Crippen MR) is 107 cm³/mol. The Morgan fingerprint density at radius 1 is 1.04 bits per heavy atom. The van der Waals surface area contributed by atoms with E-state index in [-0.39, 0.29) is 11.8 Å². The lowest BCUT2D eigenvalue weighted by atomic mass is 10.0. The van der Waals surface area contributed by atoms with Crippen molar-refractivity contribution in [2.45, 2.75) is 38.1 Å². The first-order chi connectivity index (χ1) is 13.8. The van der Waals surface area contributed by atoms with Crippen molar-refractivity contribution in [2.75, 3.05) is 31.1 Å². The molecule has 4 heterocycles. The lowest BCUT2D eigenvalue weighted by Crippen LogP contribution is -2.38. The molecule has 1 atom stereocenters. The quantitative estimate of drug-likeness (QED) is 0.660. The summed E-state index contributed by atoms with van der Waals surface area (Å²) in [6.45, 7) is 4.03. The van der Waals surface area contributed by atoms with Gasteiger partial charge >= 0.3 is 0 Å². The summed E-state index contributed by atoms with van der Waals surface area (Å²) in [6.07, 6.45) is 3.82. The Morgan fingerprint density at radius 2 is 1.96 bits per heavy atom. The molecule has 0 bridgehead atoms. The van der Waals surface area contributed by atoms with Crippen molar-refractivity contribution in [1.29, 1.82) is 0 Å². The highest BCUT2D eigenvalue weighted by Gasteiger charge is 2.32. The zero-order valence-electron chi connectivity index (χ0n) is 15.7. The van der Waals surface area contributed by atoms with Gasteiger partial charge in [0.2, 0.25) is 5.91 Å². The van der Waals surface area contributed by atoms with Gasteiger partial charge in [0.15, 0.2) is 11.0 Å². The lowest BCUT2D eigenvalue weighted by molar-refractivity contribution is -0.133. The standard InChI is InChI=1S/C19H23N7OS/c27-18(14-6-3-4-11-26-17(14)21-22-23-26)24-9-5-10-25(13-12-24)19-20-15-7-1-2-8-16(15)28-19/h1-2,7-8,14H,3-6,9-13H2. The summed E-state index contributed by atoms with van der Waals surface area (Å²) in [6, 6.07) is 8.24. The van der Waals surface area contributed by atoms with Crippen molar-refractivity contribution in [3.05, 3.63) is 30.1 Å². The molecular weight excluding hydrogens is 374 g/mol. The number of thiazole rings is 1. The number of para-hydroxylation sites is 1. The molecule has 28 heavy (non-hydrogen) atoms. The van der Waals surface area contributed by atoms with Crippen molar-refractivity contribution >= 4 is 32.6 Å². The van der Waals surface area contributed by atoms with Crippen LogP contribution >= 0.6 is 11.3 Å². The summed E-state index contributed by atoms with van der Waals surface area (Å²) in [4.78, 5) is 22.4. The molecule has 1 amide bonds. The van der Waals surface area contributed by atoms with E-state index in [4.69, 9.17) is 4.98 Å². The van der Waals surface area contributed by atoms with Crippen LogP contribution in [0.2, 0.25) is 0 Å². The molecule has 5 rings (SSSR count). The summed E-state index contributed by atoms with van der Waals surface area (Å²) in [5, 5.41) is 13.1. The summed E-state index contributed by atoms with van der Waals surface area (Å²) in [5.74, 6) is 0.686. The first-order valence-electron chi connectivity index (χ1n) is 9.95. The molecule has 0 saturated carbocycles. The number of nitrogens with zero attached hydrogens (tertiary/aromatic N) is 7. The number of amides is 1. The predicted octanol–water partition coefficient (Wildman–Crippen LogP) is 2.29. The van der Waals surface area contributed by atoms with E-state index >= 15 is 0 Å². The second-order valence-electron chi connectivity index (χ2n) is 7.44. The van der Waals surface area contributed by atoms with Crippen molar-refractivity contribution in [2.24, 2.45) is 0 Å². The van der Waals surface area contributed by atoms with Crippen LogP contribution < -0.4 is 4.90 Å². The number of anilines is 1. The molecule has 0 aliphatic carbocycles. The van der Waals surface area contributed by atoms with Gasteiger partial charge in [-0.05, 0) is 41.8 Å². The van der Waals surface area contributed by atoms with E-state index in [1.165, 1.54) is 4.70 Å². The number of aromatic nitrogens is 5. The molecule has 2 aliphatic rings. The second kappa shape index (κ2) is 7.46. The number of fused-ring (bicyclic) bond motifs is 2. The van der Waals surface area contributed by atoms with Crippen LogP contribution in [0.25, 0.3) is 10.2 Å². The molecule has 1 fully saturated rings. The smallest absolute Gasteiger partial charge is 0.233 e. The van der Waals surface area contributed by atoms with Gasteiger partial charge in [-0.3, -0.25) is 4.79 Å². The van der Waals surface area contributed by atoms with Crippen LogP contribution in [0.3, 0.4) is 0 Å². The number of carbonyl (C=O) groups is 1. The van der Waals surface area contributed by atoms with Crippen molar-refractivity contribution in [3.8, 4) is 0 Å². The minimum atomic E-state index is -0.216. The Labute approximate surface area is 167 Å². The van der Waals surface area contributed by atoms with E-state index in [0.29, 0.717) is 6.54 Å². The lowest BCUT2D eigenvalue weighted by Gasteiger charge is -2.25. The van der Waals surface area contributed by atoms with Gasteiger partial charge in [0.25, 0.3) is 0 Å². The van der Waals surface area contributed by atoms with Gasteiger partial charge in [-0.2, -0.15) is 0 Å². The van der Waals surface area contributed by atoms with Crippen LogP contribution in [0.1, 0.15) is 37.4 Å². The number of hydrogen-bond donors (Lipinski definition) is 0. The molecule has 1 saturated heterocycles. The molecule has 0 spiro atoms. The Hall–Kier alpha value is -2.55. The number of hydrogen-bond acceptors (Lipinski definition) is 7. The van der Waals surface area contributed by atoms with E-state index in [0.717, 1.165) is 68.3 Å². The van der Waals surface area contributed by atoms with Gasteiger partial charge in [0.05, 0.1) is 16.1 Å². The number of tetrazole rings is 1. The SMILES string of the molecule is O=C(C1CCCCn2nnnc21)N1CCCN(c2nc3ccccc3s2)CC1. The van der Waals surface area contributed by atoms with Crippen LogP contribution in [0.4, 0.5) is 5.13 Å². The fraction of sp³-hybridized carbons (Fsp3) is 0.526. The Kier molecular flexibility index (Phi) is 4.67. The van der Waals surface area contributed by atoms with Gasteiger partial charge in [-0.25, -0.2) is 9.67 Å². The summed E-state index contributed by atoms with van der Waals surface area (Å²) < 4.78 is 3.01. The minimum absolute atomic E-state index is 0.170. The Morgan fingerprint density at radius 3 is 2.89 bits per heavy atom. The Balaban J connectivity index is 1.31. The van der Waals surface area contributed by atoms with Crippen molar-refractivity contribution in [1.82, 2.24) is 30.1 Å². The van der Waals surface area contributed by atoms with E-state index < -0.39 is 0 Å². The highest BCUT2D eigenvalue weighted by atomic mass is 32.1. The van der Waals surface area contributed by atoms with Gasteiger partial charge in [0, 0.05) is 32.7 Å². The number of rotatable bonds is 2. The fourth-order valence-electron chi connectivity index (χ4n) is 4.14. The second-order valence-corrected chi connectivity index (χ2v) is 8.45. The molecular formula is C19H23N7OS. The van der Waals surface area contributed by atoms with Gasteiger partial charge < -0.3 is 9.80 Å². The maximum atomic E-state index is 13.3. The molecule has 2 aromatic heterocycles. The first-order valence-corrected chi connectivity index (χ1v) is 10.8. The number of carbonyl (C=O) groups excluding carboxylic acids is 1. The highest BCUT2D eigenvalue weighted by molar-refractivity contribution is 7.22. The van der Waals surface area contributed by atoms with Crippen molar-refractivity contribution < 1.29 is 4.79 Å². The number of benzene rings is 1. The van der Waals surface area contributed by atoms with E-state index in [2.05, 4.69) is 32.6 Å². The average Bonchev–Trinajstić information content (AvgIpc) is 3.21. The average molecular weight is 398 g/mol. The fourth-order valence-corrected chi connectivity index (χ4v) is 5.16. The van der Waals surface area contributed by atoms with Crippen molar-refractivity contribution in [3.63, 3.8) is 0 Å². The van der Waals surface area contributed by atoms with Gasteiger partial charge in [-0.15, -0.1) is 5.10 Å². The molecule has 1 aromatic carbocycles. The zero-order valence-corrected chi connectivity index (χ0v) is 16.5. The maximum absolute atomic E-state index is 13.3. The monoisotopic (exact) mass is 397 g/mol. The van der Waals surface area contributed by atoms with Gasteiger partial charge in [0.1, 0.15) is 0 Å². The first kappa shape index (κ1) is 17.5. The third-order valence-corrected chi connectivity index (χ3v) is 6.74. The maximum Gasteiger partial charge on any atom is 0.233 e.